The zero-order chi connectivity index (χ0) is 16.2. The van der Waals surface area contributed by atoms with Crippen LogP contribution in [-0.2, 0) is 0 Å². The van der Waals surface area contributed by atoms with Gasteiger partial charge in [-0.3, -0.25) is 0 Å². The Hall–Kier alpha value is -0.340. The first kappa shape index (κ1) is 16.5. The Morgan fingerprint density at radius 2 is 1.82 bits per heavy atom. The minimum absolute atomic E-state index is 0.0356. The lowest BCUT2D eigenvalue weighted by Crippen LogP contribution is -2.64. The molecule has 3 fully saturated rings. The van der Waals surface area contributed by atoms with E-state index in [4.69, 9.17) is 0 Å². The Morgan fingerprint density at radius 1 is 1.09 bits per heavy atom. The second-order valence-electron chi connectivity index (χ2n) is 9.42. The molecule has 0 aromatic heterocycles. The van der Waals surface area contributed by atoms with Crippen LogP contribution in [0.25, 0.3) is 0 Å². The molecule has 0 bridgehead atoms. The molecule has 0 aromatic rings. The number of hydrogen-bond acceptors (Lipinski definition) is 2. The number of fused-ring (bicyclic) bond motifs is 3. The zero-order valence-corrected chi connectivity index (χ0v) is 14.7. The first-order valence-corrected chi connectivity index (χ1v) is 9.20. The highest BCUT2D eigenvalue weighted by Gasteiger charge is 2.63. The molecule has 5 atom stereocenters. The summed E-state index contributed by atoms with van der Waals surface area (Å²) in [6, 6.07) is 0. The summed E-state index contributed by atoms with van der Waals surface area (Å²) in [5.41, 5.74) is -0.312. The lowest BCUT2D eigenvalue weighted by molar-refractivity contribution is -0.226. The fourth-order valence-corrected chi connectivity index (χ4v) is 6.29. The summed E-state index contributed by atoms with van der Waals surface area (Å²) in [5, 5.41) is 21.5. The molecular weight excluding hydrogens is 272 g/mol. The van der Waals surface area contributed by atoms with Crippen LogP contribution in [0.4, 0.5) is 0 Å². The average molecular weight is 306 g/mol. The topological polar surface area (TPSA) is 40.5 Å². The van der Waals surface area contributed by atoms with Gasteiger partial charge in [0.2, 0.25) is 0 Å². The van der Waals surface area contributed by atoms with E-state index in [1.165, 1.54) is 12.8 Å². The molecule has 0 spiro atoms. The van der Waals surface area contributed by atoms with Gasteiger partial charge in [0.15, 0.2) is 0 Å². The highest BCUT2D eigenvalue weighted by Crippen LogP contribution is 2.66. The van der Waals surface area contributed by atoms with Crippen molar-refractivity contribution < 1.29 is 10.2 Å². The van der Waals surface area contributed by atoms with Crippen LogP contribution in [0.3, 0.4) is 0 Å². The van der Waals surface area contributed by atoms with Crippen LogP contribution < -0.4 is 0 Å². The highest BCUT2D eigenvalue weighted by molar-refractivity contribution is 5.14. The molecule has 2 N–H and O–H groups in total. The molecule has 3 saturated carbocycles. The maximum atomic E-state index is 11.6. The molecule has 0 radical (unpaired) electrons. The number of aliphatic hydroxyl groups is 2. The Bertz CT molecular complexity index is 457. The third-order valence-electron chi connectivity index (χ3n) is 8.21. The van der Waals surface area contributed by atoms with E-state index in [2.05, 4.69) is 27.4 Å². The fraction of sp³-hybridized carbons (Fsp3) is 0.900. The monoisotopic (exact) mass is 306 g/mol. The molecule has 0 amide bonds. The maximum Gasteiger partial charge on any atom is 0.0731 e. The summed E-state index contributed by atoms with van der Waals surface area (Å²) in [4.78, 5) is 0. The Morgan fingerprint density at radius 3 is 2.45 bits per heavy atom. The average Bonchev–Trinajstić information content (AvgIpc) is 2.49. The van der Waals surface area contributed by atoms with Crippen LogP contribution in [0.15, 0.2) is 12.7 Å². The quantitative estimate of drug-likeness (QED) is 0.746. The van der Waals surface area contributed by atoms with E-state index in [0.29, 0.717) is 11.8 Å². The minimum Gasteiger partial charge on any atom is -0.395 e. The van der Waals surface area contributed by atoms with Gasteiger partial charge in [0.25, 0.3) is 0 Å². The van der Waals surface area contributed by atoms with Gasteiger partial charge >= 0.3 is 0 Å². The van der Waals surface area contributed by atoms with Gasteiger partial charge < -0.3 is 10.2 Å². The Labute approximate surface area is 136 Å². The van der Waals surface area contributed by atoms with Gasteiger partial charge in [-0.2, -0.15) is 0 Å². The van der Waals surface area contributed by atoms with E-state index >= 15 is 0 Å². The largest absolute Gasteiger partial charge is 0.395 e. The molecule has 0 heterocycles. The molecule has 5 unspecified atom stereocenters. The first-order chi connectivity index (χ1) is 10.2. The van der Waals surface area contributed by atoms with Gasteiger partial charge in [0, 0.05) is 5.41 Å². The maximum absolute atomic E-state index is 11.6. The summed E-state index contributed by atoms with van der Waals surface area (Å²) >= 11 is 0. The van der Waals surface area contributed by atoms with Crippen molar-refractivity contribution in [3.05, 3.63) is 12.7 Å². The summed E-state index contributed by atoms with van der Waals surface area (Å²) in [6.45, 7) is 11.2. The van der Waals surface area contributed by atoms with Gasteiger partial charge in [0.1, 0.15) is 0 Å². The second kappa shape index (κ2) is 5.08. The van der Waals surface area contributed by atoms with Crippen LogP contribution in [0.1, 0.15) is 72.1 Å². The lowest BCUT2D eigenvalue weighted by atomic mass is 9.42. The van der Waals surface area contributed by atoms with Gasteiger partial charge in [-0.05, 0) is 67.6 Å². The molecule has 3 rings (SSSR count). The molecule has 126 valence electrons. The summed E-state index contributed by atoms with van der Waals surface area (Å²) < 4.78 is 0. The van der Waals surface area contributed by atoms with Crippen molar-refractivity contribution >= 4 is 0 Å². The van der Waals surface area contributed by atoms with Gasteiger partial charge in [0.05, 0.1) is 12.2 Å². The van der Waals surface area contributed by atoms with Crippen molar-refractivity contribution in [2.75, 3.05) is 6.61 Å². The van der Waals surface area contributed by atoms with E-state index in [1.54, 1.807) is 0 Å². The molecule has 0 aromatic carbocycles. The molecule has 0 aliphatic heterocycles. The molecule has 0 saturated heterocycles. The lowest BCUT2D eigenvalue weighted by Gasteiger charge is -2.65. The van der Waals surface area contributed by atoms with Crippen molar-refractivity contribution in [2.24, 2.45) is 28.1 Å². The van der Waals surface area contributed by atoms with Gasteiger partial charge in [-0.1, -0.05) is 33.3 Å². The van der Waals surface area contributed by atoms with Crippen LogP contribution >= 0.6 is 0 Å². The zero-order valence-electron chi connectivity index (χ0n) is 14.7. The fourth-order valence-electron chi connectivity index (χ4n) is 6.29. The third-order valence-corrected chi connectivity index (χ3v) is 8.21. The predicted octanol–water partition coefficient (Wildman–Crippen LogP) is 4.31. The van der Waals surface area contributed by atoms with Crippen LogP contribution in [0.5, 0.6) is 0 Å². The predicted molar refractivity (Wildman–Crippen MR) is 90.5 cm³/mol. The molecule has 22 heavy (non-hydrogen) atoms. The van der Waals surface area contributed by atoms with Gasteiger partial charge in [-0.15, -0.1) is 6.58 Å². The van der Waals surface area contributed by atoms with Crippen molar-refractivity contribution in [3.63, 3.8) is 0 Å². The number of rotatable bonds is 2. The normalized spacial score (nSPS) is 50.8. The summed E-state index contributed by atoms with van der Waals surface area (Å²) in [5.74, 6) is 1.04. The highest BCUT2D eigenvalue weighted by atomic mass is 16.3. The molecule has 3 aliphatic carbocycles. The first-order valence-electron chi connectivity index (χ1n) is 9.20. The SMILES string of the molecule is C=CC1(CO)CCC2(C)C(CCC3(O)C2CCCC3(C)C)C1. The van der Waals surface area contributed by atoms with Crippen LogP contribution in [-0.4, -0.2) is 22.4 Å². The molecule has 3 aliphatic rings. The van der Waals surface area contributed by atoms with Crippen LogP contribution in [0.2, 0.25) is 0 Å². The Kier molecular flexibility index (Phi) is 3.81. The van der Waals surface area contributed by atoms with E-state index in [1.807, 2.05) is 6.08 Å². The van der Waals surface area contributed by atoms with Crippen molar-refractivity contribution in [1.82, 2.24) is 0 Å². The van der Waals surface area contributed by atoms with Crippen LogP contribution in [0, 0.1) is 28.1 Å². The number of hydrogen-bond donors (Lipinski definition) is 2. The second-order valence-corrected chi connectivity index (χ2v) is 9.42. The van der Waals surface area contributed by atoms with E-state index in [-0.39, 0.29) is 22.9 Å². The van der Waals surface area contributed by atoms with Crippen molar-refractivity contribution in [2.45, 2.75) is 77.7 Å². The minimum atomic E-state index is -0.496. The van der Waals surface area contributed by atoms with Gasteiger partial charge in [-0.25, -0.2) is 0 Å². The smallest absolute Gasteiger partial charge is 0.0731 e. The summed E-state index contributed by atoms with van der Waals surface area (Å²) in [6.07, 6.45) is 10.8. The van der Waals surface area contributed by atoms with E-state index in [0.717, 1.165) is 38.5 Å². The molecule has 2 nitrogen and oxygen atoms in total. The Balaban J connectivity index is 1.93. The number of aliphatic hydroxyl groups excluding tert-OH is 1. The molecule has 2 heteroatoms. The van der Waals surface area contributed by atoms with Crippen molar-refractivity contribution in [1.29, 1.82) is 0 Å². The van der Waals surface area contributed by atoms with Crippen molar-refractivity contribution in [3.8, 4) is 0 Å². The van der Waals surface area contributed by atoms with E-state index < -0.39 is 5.60 Å². The molecular formula is C20H34O2. The summed E-state index contributed by atoms with van der Waals surface area (Å²) in [7, 11) is 0. The third kappa shape index (κ3) is 2.06. The standard InChI is InChI=1S/C20H34O2/c1-5-19(14-21)12-11-18(4)15(13-19)8-10-20(22)16(18)7-6-9-17(20,2)3/h5,15-16,21-22H,1,6-14H2,2-4H3. The van der Waals surface area contributed by atoms with E-state index in [9.17, 15) is 10.2 Å².